The topological polar surface area (TPSA) is 101 Å². The minimum absolute atomic E-state index is 0.0936. The molecular weight excluding hydrogens is 480 g/mol. The van der Waals surface area contributed by atoms with Crippen molar-refractivity contribution in [1.82, 2.24) is 9.97 Å². The Morgan fingerprint density at radius 2 is 1.75 bits per heavy atom. The third-order valence-corrected chi connectivity index (χ3v) is 5.87. The second-order valence-electron chi connectivity index (χ2n) is 8.36. The van der Waals surface area contributed by atoms with E-state index in [1.165, 1.54) is 18.0 Å². The summed E-state index contributed by atoms with van der Waals surface area (Å²) in [5.41, 5.74) is 2.23. The van der Waals surface area contributed by atoms with Gasteiger partial charge < -0.3 is 18.6 Å². The molecule has 2 heterocycles. The van der Waals surface area contributed by atoms with Gasteiger partial charge >= 0.3 is 11.9 Å². The third-order valence-electron chi connectivity index (χ3n) is 4.91. The SMILES string of the molecule is CC(C)COC(=O)c1ccc(OCC(CSc2nc3ccccc3o2)OC(=O)c2cccnc2)cc1. The molecule has 0 aliphatic carbocycles. The Balaban J connectivity index is 1.39. The molecule has 0 amide bonds. The van der Waals surface area contributed by atoms with Crippen molar-refractivity contribution < 1.29 is 28.2 Å². The number of carbonyl (C=O) groups is 2. The van der Waals surface area contributed by atoms with E-state index in [0.29, 0.717) is 40.0 Å². The van der Waals surface area contributed by atoms with Crippen LogP contribution in [0, 0.1) is 5.92 Å². The van der Waals surface area contributed by atoms with E-state index in [1.807, 2.05) is 38.1 Å². The van der Waals surface area contributed by atoms with Crippen molar-refractivity contribution in [3.05, 3.63) is 84.2 Å². The number of ether oxygens (including phenoxy) is 3. The molecule has 0 spiro atoms. The zero-order valence-corrected chi connectivity index (χ0v) is 20.8. The number of oxazole rings is 1. The summed E-state index contributed by atoms with van der Waals surface area (Å²) in [7, 11) is 0. The van der Waals surface area contributed by atoms with Crippen molar-refractivity contribution in [2.75, 3.05) is 19.0 Å². The fourth-order valence-corrected chi connectivity index (χ4v) is 3.90. The molecule has 0 fully saturated rings. The molecule has 0 saturated heterocycles. The van der Waals surface area contributed by atoms with Crippen LogP contribution in [-0.2, 0) is 9.47 Å². The van der Waals surface area contributed by atoms with Crippen LogP contribution in [-0.4, -0.2) is 47.0 Å². The quantitative estimate of drug-likeness (QED) is 0.195. The second-order valence-corrected chi connectivity index (χ2v) is 9.33. The van der Waals surface area contributed by atoms with E-state index < -0.39 is 12.1 Å². The van der Waals surface area contributed by atoms with Gasteiger partial charge in [-0.05, 0) is 54.4 Å². The maximum Gasteiger partial charge on any atom is 0.340 e. The molecular formula is C27H26N2O6S. The van der Waals surface area contributed by atoms with E-state index in [1.54, 1.807) is 42.6 Å². The summed E-state index contributed by atoms with van der Waals surface area (Å²) in [6.07, 6.45) is 2.43. The normalized spacial score (nSPS) is 11.9. The van der Waals surface area contributed by atoms with Crippen LogP contribution in [0.3, 0.4) is 0 Å². The molecule has 8 nitrogen and oxygen atoms in total. The predicted molar refractivity (Wildman–Crippen MR) is 135 cm³/mol. The minimum Gasteiger partial charge on any atom is -0.490 e. The van der Waals surface area contributed by atoms with Crippen LogP contribution >= 0.6 is 11.8 Å². The maximum atomic E-state index is 12.6. The predicted octanol–water partition coefficient (Wildman–Crippen LogP) is 5.43. The first-order valence-corrected chi connectivity index (χ1v) is 12.5. The van der Waals surface area contributed by atoms with Gasteiger partial charge in [-0.25, -0.2) is 14.6 Å². The van der Waals surface area contributed by atoms with Crippen molar-refractivity contribution in [3.8, 4) is 5.75 Å². The molecule has 0 N–H and O–H groups in total. The van der Waals surface area contributed by atoms with E-state index in [4.69, 9.17) is 18.6 Å². The van der Waals surface area contributed by atoms with Gasteiger partial charge in [0.1, 0.15) is 24.0 Å². The van der Waals surface area contributed by atoms with Gasteiger partial charge in [-0.3, -0.25) is 4.98 Å². The van der Waals surface area contributed by atoms with Crippen LogP contribution in [0.5, 0.6) is 5.75 Å². The van der Waals surface area contributed by atoms with Gasteiger partial charge in [0.15, 0.2) is 5.58 Å². The Morgan fingerprint density at radius 1 is 0.944 bits per heavy atom. The fraction of sp³-hybridized carbons (Fsp3) is 0.259. The fourth-order valence-electron chi connectivity index (χ4n) is 3.10. The Bertz CT molecular complexity index is 1260. The molecule has 0 aliphatic heterocycles. The Kier molecular flexibility index (Phi) is 8.57. The summed E-state index contributed by atoms with van der Waals surface area (Å²) in [5, 5.41) is 0.475. The van der Waals surface area contributed by atoms with Crippen molar-refractivity contribution in [1.29, 1.82) is 0 Å². The number of fused-ring (bicyclic) bond motifs is 1. The molecule has 0 radical (unpaired) electrons. The number of carbonyl (C=O) groups excluding carboxylic acids is 2. The monoisotopic (exact) mass is 506 g/mol. The lowest BCUT2D eigenvalue weighted by Gasteiger charge is -2.18. The Labute approximate surface area is 213 Å². The smallest absolute Gasteiger partial charge is 0.340 e. The molecule has 4 aromatic rings. The molecule has 2 aromatic heterocycles. The first kappa shape index (κ1) is 25.2. The van der Waals surface area contributed by atoms with Gasteiger partial charge in [-0.1, -0.05) is 37.7 Å². The van der Waals surface area contributed by atoms with Crippen LogP contribution in [0.2, 0.25) is 0 Å². The number of esters is 2. The number of hydrogen-bond acceptors (Lipinski definition) is 9. The van der Waals surface area contributed by atoms with Crippen LogP contribution in [0.4, 0.5) is 0 Å². The van der Waals surface area contributed by atoms with Crippen molar-refractivity contribution >= 4 is 34.8 Å². The number of pyridine rings is 1. The second kappa shape index (κ2) is 12.2. The molecule has 1 atom stereocenters. The summed E-state index contributed by atoms with van der Waals surface area (Å²) in [4.78, 5) is 33.2. The van der Waals surface area contributed by atoms with Crippen molar-refractivity contribution in [2.24, 2.45) is 5.92 Å². The molecule has 0 saturated carbocycles. The van der Waals surface area contributed by atoms with E-state index in [-0.39, 0.29) is 18.5 Å². The summed E-state index contributed by atoms with van der Waals surface area (Å²) in [6.45, 7) is 4.41. The molecule has 36 heavy (non-hydrogen) atoms. The molecule has 0 bridgehead atoms. The summed E-state index contributed by atoms with van der Waals surface area (Å²) in [6, 6.07) is 17.4. The first-order chi connectivity index (χ1) is 17.5. The number of thioether (sulfide) groups is 1. The molecule has 4 rings (SSSR count). The lowest BCUT2D eigenvalue weighted by molar-refractivity contribution is 0.0239. The average molecular weight is 507 g/mol. The Morgan fingerprint density at radius 3 is 2.47 bits per heavy atom. The third kappa shape index (κ3) is 7.08. The molecule has 9 heteroatoms. The largest absolute Gasteiger partial charge is 0.490 e. The summed E-state index contributed by atoms with van der Waals surface area (Å²) >= 11 is 1.33. The molecule has 1 unspecified atom stereocenters. The number of para-hydroxylation sites is 2. The zero-order chi connectivity index (χ0) is 25.3. The standard InChI is InChI=1S/C27H26N2O6S/c1-18(2)15-33-25(30)19-9-11-21(12-10-19)32-16-22(34-26(31)20-6-5-13-28-14-20)17-36-27-29-23-7-3-4-8-24(23)35-27/h3-14,18,22H,15-17H2,1-2H3. The molecule has 186 valence electrons. The van der Waals surface area contributed by atoms with Crippen LogP contribution in [0.1, 0.15) is 34.6 Å². The van der Waals surface area contributed by atoms with Crippen LogP contribution in [0.25, 0.3) is 11.1 Å². The highest BCUT2D eigenvalue weighted by atomic mass is 32.2. The van der Waals surface area contributed by atoms with Gasteiger partial charge in [-0.2, -0.15) is 0 Å². The van der Waals surface area contributed by atoms with E-state index in [2.05, 4.69) is 9.97 Å². The number of nitrogens with zero attached hydrogens (tertiary/aromatic N) is 2. The van der Waals surface area contributed by atoms with E-state index in [9.17, 15) is 9.59 Å². The van der Waals surface area contributed by atoms with Crippen LogP contribution < -0.4 is 4.74 Å². The first-order valence-electron chi connectivity index (χ1n) is 11.5. The summed E-state index contributed by atoms with van der Waals surface area (Å²) in [5.74, 6) is 0.268. The lowest BCUT2D eigenvalue weighted by Crippen LogP contribution is -2.27. The number of benzene rings is 2. The lowest BCUT2D eigenvalue weighted by atomic mass is 10.2. The number of aromatic nitrogens is 2. The highest BCUT2D eigenvalue weighted by Crippen LogP contribution is 2.25. The number of rotatable bonds is 11. The maximum absolute atomic E-state index is 12.6. The van der Waals surface area contributed by atoms with Crippen LogP contribution in [0.15, 0.2) is 82.7 Å². The highest BCUT2D eigenvalue weighted by molar-refractivity contribution is 7.99. The Hall–Kier alpha value is -3.85. The van der Waals surface area contributed by atoms with Crippen molar-refractivity contribution in [3.63, 3.8) is 0 Å². The molecule has 0 aliphatic rings. The van der Waals surface area contributed by atoms with Gasteiger partial charge in [0.2, 0.25) is 0 Å². The van der Waals surface area contributed by atoms with E-state index in [0.717, 1.165) is 5.52 Å². The van der Waals surface area contributed by atoms with Gasteiger partial charge in [0.05, 0.1) is 17.7 Å². The van der Waals surface area contributed by atoms with Crippen molar-refractivity contribution in [2.45, 2.75) is 25.2 Å². The highest BCUT2D eigenvalue weighted by Gasteiger charge is 2.20. The summed E-state index contributed by atoms with van der Waals surface area (Å²) < 4.78 is 22.6. The van der Waals surface area contributed by atoms with Gasteiger partial charge in [0.25, 0.3) is 5.22 Å². The zero-order valence-electron chi connectivity index (χ0n) is 20.0. The number of hydrogen-bond donors (Lipinski definition) is 0. The van der Waals surface area contributed by atoms with Gasteiger partial charge in [-0.15, -0.1) is 0 Å². The molecule has 2 aromatic carbocycles. The minimum atomic E-state index is -0.603. The van der Waals surface area contributed by atoms with Gasteiger partial charge in [0, 0.05) is 18.1 Å². The van der Waals surface area contributed by atoms with E-state index >= 15 is 0 Å². The average Bonchev–Trinajstić information content (AvgIpc) is 3.32.